The van der Waals surface area contributed by atoms with Crippen molar-refractivity contribution >= 4 is 12.1 Å². The van der Waals surface area contributed by atoms with Gasteiger partial charge in [-0.2, -0.15) is 0 Å². The van der Waals surface area contributed by atoms with E-state index in [9.17, 15) is 9.59 Å². The second kappa shape index (κ2) is 28.2. The van der Waals surface area contributed by atoms with Crippen LogP contribution in [0.5, 0.6) is 0 Å². The summed E-state index contributed by atoms with van der Waals surface area (Å²) in [7, 11) is 1.31. The first-order valence-electron chi connectivity index (χ1n) is 13.4. The smallest absolute Gasteiger partial charge is 0.407 e. The Morgan fingerprint density at radius 2 is 0.975 bits per heavy atom. The third-order valence-electron chi connectivity index (χ3n) is 4.78. The standard InChI is InChI=1S/C27H45NO12/c1-31-26(29)24-39-22-21-38-20-19-37-18-17-36-16-15-35-14-13-34-12-11-33-10-9-32-8-7-28-27(30)40-23-25-5-3-2-4-6-25/h2-6H,7-24H2,1H3,(H,28,30). The Kier molecular flexibility index (Phi) is 25.1. The lowest BCUT2D eigenvalue weighted by atomic mass is 10.2. The van der Waals surface area contributed by atoms with E-state index >= 15 is 0 Å². The largest absolute Gasteiger partial charge is 0.467 e. The molecule has 0 atom stereocenters. The zero-order valence-electron chi connectivity index (χ0n) is 23.5. The lowest BCUT2D eigenvalue weighted by Crippen LogP contribution is -2.28. The van der Waals surface area contributed by atoms with Gasteiger partial charge in [0.2, 0.25) is 0 Å². The predicted molar refractivity (Wildman–Crippen MR) is 143 cm³/mol. The average molecular weight is 576 g/mol. The Morgan fingerprint density at radius 1 is 0.575 bits per heavy atom. The molecule has 0 saturated heterocycles. The first-order chi connectivity index (χ1) is 19.7. The number of carbonyl (C=O) groups excluding carboxylic acids is 2. The van der Waals surface area contributed by atoms with Gasteiger partial charge in [-0.15, -0.1) is 0 Å². The molecule has 1 rings (SSSR count). The Balaban J connectivity index is 1.67. The highest BCUT2D eigenvalue weighted by Crippen LogP contribution is 2.00. The number of benzene rings is 1. The zero-order valence-corrected chi connectivity index (χ0v) is 23.5. The van der Waals surface area contributed by atoms with Gasteiger partial charge in [0, 0.05) is 6.54 Å². The van der Waals surface area contributed by atoms with Gasteiger partial charge in [-0.1, -0.05) is 30.3 Å². The van der Waals surface area contributed by atoms with E-state index in [4.69, 9.17) is 42.6 Å². The van der Waals surface area contributed by atoms with Crippen molar-refractivity contribution in [1.29, 1.82) is 0 Å². The van der Waals surface area contributed by atoms with Gasteiger partial charge < -0.3 is 52.7 Å². The average Bonchev–Trinajstić information content (AvgIpc) is 2.98. The topological polar surface area (TPSA) is 138 Å². The number of esters is 1. The number of carbonyl (C=O) groups is 2. The van der Waals surface area contributed by atoms with Crippen molar-refractivity contribution in [1.82, 2.24) is 5.32 Å². The van der Waals surface area contributed by atoms with Gasteiger partial charge >= 0.3 is 12.1 Å². The van der Waals surface area contributed by atoms with Crippen molar-refractivity contribution in [3.8, 4) is 0 Å². The third-order valence-corrected chi connectivity index (χ3v) is 4.78. The van der Waals surface area contributed by atoms with Gasteiger partial charge in [0.15, 0.2) is 0 Å². The number of amides is 1. The van der Waals surface area contributed by atoms with Crippen LogP contribution >= 0.6 is 0 Å². The predicted octanol–water partition coefficient (Wildman–Crippen LogP) is 1.22. The summed E-state index contributed by atoms with van der Waals surface area (Å²) in [6.07, 6.45) is -0.473. The molecule has 0 radical (unpaired) electrons. The summed E-state index contributed by atoms with van der Waals surface area (Å²) >= 11 is 0. The fourth-order valence-electron chi connectivity index (χ4n) is 2.75. The van der Waals surface area contributed by atoms with E-state index < -0.39 is 12.1 Å². The molecule has 1 amide bonds. The van der Waals surface area contributed by atoms with E-state index in [0.717, 1.165) is 5.56 Å². The summed E-state index contributed by atoms with van der Waals surface area (Å²) < 4.78 is 52.4. The number of nitrogens with one attached hydrogen (secondary N) is 1. The molecule has 40 heavy (non-hydrogen) atoms. The van der Waals surface area contributed by atoms with Gasteiger partial charge in [-0.3, -0.25) is 0 Å². The van der Waals surface area contributed by atoms with E-state index in [2.05, 4.69) is 10.1 Å². The fourth-order valence-corrected chi connectivity index (χ4v) is 2.75. The molecule has 230 valence electrons. The van der Waals surface area contributed by atoms with Gasteiger partial charge in [0.25, 0.3) is 0 Å². The molecule has 13 heteroatoms. The lowest BCUT2D eigenvalue weighted by molar-refractivity contribution is -0.146. The normalized spacial score (nSPS) is 10.9. The van der Waals surface area contributed by atoms with E-state index in [0.29, 0.717) is 106 Å². The van der Waals surface area contributed by atoms with Gasteiger partial charge in [-0.05, 0) is 5.56 Å². The number of rotatable bonds is 28. The summed E-state index contributed by atoms with van der Waals surface area (Å²) in [5.74, 6) is -0.411. The second-order valence-corrected chi connectivity index (χ2v) is 7.90. The molecule has 13 nitrogen and oxygen atoms in total. The van der Waals surface area contributed by atoms with Crippen molar-refractivity contribution in [2.24, 2.45) is 0 Å². The van der Waals surface area contributed by atoms with Crippen LogP contribution in [0.25, 0.3) is 0 Å². The van der Waals surface area contributed by atoms with Crippen molar-refractivity contribution in [3.05, 3.63) is 35.9 Å². The Bertz CT molecular complexity index is 710. The molecule has 1 N–H and O–H groups in total. The molecule has 0 unspecified atom stereocenters. The van der Waals surface area contributed by atoms with E-state index in [1.165, 1.54) is 7.11 Å². The summed E-state index contributed by atoms with van der Waals surface area (Å²) in [5.41, 5.74) is 0.935. The van der Waals surface area contributed by atoms with Crippen LogP contribution in [0.4, 0.5) is 4.79 Å². The van der Waals surface area contributed by atoms with Crippen molar-refractivity contribution < 1.29 is 57.0 Å². The Hall–Kier alpha value is -2.36. The highest BCUT2D eigenvalue weighted by atomic mass is 16.6. The molecule has 0 aliphatic heterocycles. The molecule has 0 bridgehead atoms. The zero-order chi connectivity index (χ0) is 28.8. The van der Waals surface area contributed by atoms with Crippen molar-refractivity contribution in [2.75, 3.05) is 119 Å². The first-order valence-corrected chi connectivity index (χ1v) is 13.4. The molecule has 0 aliphatic carbocycles. The minimum Gasteiger partial charge on any atom is -0.467 e. The highest BCUT2D eigenvalue weighted by molar-refractivity contribution is 5.70. The highest BCUT2D eigenvalue weighted by Gasteiger charge is 2.02. The molecule has 0 heterocycles. The Labute approximate surface area is 236 Å². The van der Waals surface area contributed by atoms with Crippen LogP contribution in [0.15, 0.2) is 30.3 Å². The number of alkyl carbamates (subject to hydrolysis) is 1. The third kappa shape index (κ3) is 24.7. The molecule has 1 aromatic rings. The summed E-state index contributed by atoms with van der Waals surface area (Å²) in [5, 5.41) is 2.63. The van der Waals surface area contributed by atoms with Gasteiger partial charge in [-0.25, -0.2) is 9.59 Å². The molecule has 0 fully saturated rings. The van der Waals surface area contributed by atoms with E-state index in [1.54, 1.807) is 0 Å². The summed E-state index contributed by atoms with van der Waals surface area (Å²) in [6, 6.07) is 9.49. The monoisotopic (exact) mass is 575 g/mol. The molecule has 0 aromatic heterocycles. The number of methoxy groups -OCH3 is 1. The lowest BCUT2D eigenvalue weighted by Gasteiger charge is -2.09. The molecule has 0 saturated carbocycles. The molecule has 1 aromatic carbocycles. The first kappa shape index (κ1) is 35.7. The van der Waals surface area contributed by atoms with Crippen LogP contribution in [0, 0.1) is 0 Å². The molecule has 0 aliphatic rings. The van der Waals surface area contributed by atoms with Crippen LogP contribution < -0.4 is 5.32 Å². The number of hydrogen-bond donors (Lipinski definition) is 1. The van der Waals surface area contributed by atoms with Crippen LogP contribution in [0.3, 0.4) is 0 Å². The van der Waals surface area contributed by atoms with Crippen LogP contribution in [-0.2, 0) is 58.8 Å². The van der Waals surface area contributed by atoms with Gasteiger partial charge in [0.1, 0.15) is 13.2 Å². The van der Waals surface area contributed by atoms with Crippen LogP contribution in [-0.4, -0.2) is 131 Å². The molecular weight excluding hydrogens is 530 g/mol. The minimum atomic E-state index is -0.473. The minimum absolute atomic E-state index is 0.0739. The Morgan fingerprint density at radius 3 is 1.40 bits per heavy atom. The fraction of sp³-hybridized carbons (Fsp3) is 0.704. The maximum Gasteiger partial charge on any atom is 0.407 e. The van der Waals surface area contributed by atoms with Crippen molar-refractivity contribution in [2.45, 2.75) is 6.61 Å². The van der Waals surface area contributed by atoms with E-state index in [1.807, 2.05) is 30.3 Å². The molecular formula is C27H45NO12. The summed E-state index contributed by atoms with van der Waals surface area (Å²) in [4.78, 5) is 22.4. The SMILES string of the molecule is COC(=O)COCCOCCOCCOCCOCCOCCOCCOCCNC(=O)OCc1ccccc1. The second-order valence-electron chi connectivity index (χ2n) is 7.90. The number of ether oxygens (including phenoxy) is 10. The maximum atomic E-state index is 11.6. The quantitative estimate of drug-likeness (QED) is 0.114. The van der Waals surface area contributed by atoms with Gasteiger partial charge in [0.05, 0.1) is 106 Å². The maximum absolute atomic E-state index is 11.6. The van der Waals surface area contributed by atoms with Crippen LogP contribution in [0.2, 0.25) is 0 Å². The number of hydrogen-bond acceptors (Lipinski definition) is 12. The summed E-state index contributed by atoms with van der Waals surface area (Å²) in [6.45, 7) is 7.16. The van der Waals surface area contributed by atoms with Crippen molar-refractivity contribution in [3.63, 3.8) is 0 Å². The van der Waals surface area contributed by atoms with E-state index in [-0.39, 0.29) is 13.2 Å². The van der Waals surface area contributed by atoms with Crippen LogP contribution in [0.1, 0.15) is 5.56 Å². The molecule has 0 spiro atoms.